The van der Waals surface area contributed by atoms with Crippen LogP contribution in [-0.2, 0) is 22.4 Å². The third kappa shape index (κ3) is 5.44. The summed E-state index contributed by atoms with van der Waals surface area (Å²) in [7, 11) is 1.50. The quantitative estimate of drug-likeness (QED) is 0.560. The van der Waals surface area contributed by atoms with E-state index in [0.29, 0.717) is 22.6 Å². The van der Waals surface area contributed by atoms with Gasteiger partial charge in [-0.1, -0.05) is 42.5 Å². The van der Waals surface area contributed by atoms with Crippen LogP contribution in [0.3, 0.4) is 0 Å². The highest BCUT2D eigenvalue weighted by Crippen LogP contribution is 2.34. The van der Waals surface area contributed by atoms with Crippen molar-refractivity contribution in [3.05, 3.63) is 65.7 Å². The summed E-state index contributed by atoms with van der Waals surface area (Å²) in [5.74, 6) is -1.94. The zero-order chi connectivity index (χ0) is 24.1. The number of amides is 4. The van der Waals surface area contributed by atoms with Crippen molar-refractivity contribution < 1.29 is 32.3 Å². The molecule has 0 bridgehead atoms. The van der Waals surface area contributed by atoms with Gasteiger partial charge in [-0.05, 0) is 42.5 Å². The molecule has 176 valence electrons. The molecule has 0 radical (unpaired) electrons. The van der Waals surface area contributed by atoms with Crippen LogP contribution in [0.2, 0.25) is 0 Å². The molecule has 33 heavy (non-hydrogen) atoms. The number of ether oxygens (including phenoxy) is 1. The molecule has 2 N–H and O–H groups in total. The standard InChI is InChI=1S/C23H24F3N3O4/c1-33-18-12-9-17(10-13-18)11-14-19(30)27-22(23(24,25)26)20(31)29(21(32)28-22)15-5-8-16-6-3-2-4-7-16/h2-4,6-7,9-10,12-13H,5,8,11,14-15H2,1H3,(H,27,30)(H,28,32). The van der Waals surface area contributed by atoms with Gasteiger partial charge in [0.25, 0.3) is 11.6 Å². The summed E-state index contributed by atoms with van der Waals surface area (Å²) in [4.78, 5) is 37.8. The van der Waals surface area contributed by atoms with E-state index >= 15 is 0 Å². The second-order valence-corrected chi connectivity index (χ2v) is 7.62. The first-order chi connectivity index (χ1) is 15.7. The largest absolute Gasteiger partial charge is 0.497 e. The zero-order valence-corrected chi connectivity index (χ0v) is 17.9. The summed E-state index contributed by atoms with van der Waals surface area (Å²) in [6.07, 6.45) is -4.62. The molecule has 0 saturated carbocycles. The SMILES string of the molecule is COc1ccc(CCC(=O)NC2(C(F)(F)F)NC(=O)N(CCCc3ccccc3)C2=O)cc1. The second-order valence-electron chi connectivity index (χ2n) is 7.62. The van der Waals surface area contributed by atoms with Gasteiger partial charge in [0.1, 0.15) is 5.75 Å². The summed E-state index contributed by atoms with van der Waals surface area (Å²) >= 11 is 0. The van der Waals surface area contributed by atoms with E-state index in [0.717, 1.165) is 5.56 Å². The predicted octanol–water partition coefficient (Wildman–Crippen LogP) is 3.19. The topological polar surface area (TPSA) is 87.7 Å². The number of benzene rings is 2. The van der Waals surface area contributed by atoms with Crippen LogP contribution in [0, 0.1) is 0 Å². The third-order valence-electron chi connectivity index (χ3n) is 5.35. The molecular formula is C23H24F3N3O4. The maximum Gasteiger partial charge on any atom is 0.440 e. The number of urea groups is 1. The first-order valence-corrected chi connectivity index (χ1v) is 10.3. The highest BCUT2D eigenvalue weighted by atomic mass is 19.4. The van der Waals surface area contributed by atoms with Crippen LogP contribution in [0.5, 0.6) is 5.75 Å². The van der Waals surface area contributed by atoms with Crippen molar-refractivity contribution in [3.8, 4) is 5.75 Å². The summed E-state index contributed by atoms with van der Waals surface area (Å²) in [6.45, 7) is -0.209. The molecule has 1 saturated heterocycles. The lowest BCUT2D eigenvalue weighted by Crippen LogP contribution is -2.69. The number of hydrogen-bond donors (Lipinski definition) is 2. The number of imide groups is 1. The number of rotatable bonds is 9. The van der Waals surface area contributed by atoms with E-state index in [2.05, 4.69) is 0 Å². The molecular weight excluding hydrogens is 439 g/mol. The van der Waals surface area contributed by atoms with E-state index in [-0.39, 0.29) is 25.8 Å². The summed E-state index contributed by atoms with van der Waals surface area (Å²) < 4.78 is 46.8. The Hall–Kier alpha value is -3.56. The minimum Gasteiger partial charge on any atom is -0.497 e. The van der Waals surface area contributed by atoms with Crippen molar-refractivity contribution in [1.29, 1.82) is 0 Å². The first kappa shape index (κ1) is 24.1. The lowest BCUT2D eigenvalue weighted by molar-refractivity contribution is -0.204. The fourth-order valence-corrected chi connectivity index (χ4v) is 3.53. The minimum absolute atomic E-state index is 0.146. The van der Waals surface area contributed by atoms with Crippen molar-refractivity contribution in [2.24, 2.45) is 0 Å². The molecule has 4 amide bonds. The third-order valence-corrected chi connectivity index (χ3v) is 5.35. The van der Waals surface area contributed by atoms with E-state index in [9.17, 15) is 27.6 Å². The summed E-state index contributed by atoms with van der Waals surface area (Å²) in [5, 5.41) is 3.40. The molecule has 1 heterocycles. The fraction of sp³-hybridized carbons (Fsp3) is 0.348. The van der Waals surface area contributed by atoms with Crippen LogP contribution in [0.25, 0.3) is 0 Å². The molecule has 7 nitrogen and oxygen atoms in total. The zero-order valence-electron chi connectivity index (χ0n) is 17.9. The summed E-state index contributed by atoms with van der Waals surface area (Å²) in [6, 6.07) is 14.7. The molecule has 1 aliphatic rings. The van der Waals surface area contributed by atoms with Crippen LogP contribution in [0.4, 0.5) is 18.0 Å². The van der Waals surface area contributed by atoms with E-state index in [1.165, 1.54) is 7.11 Å². The highest BCUT2D eigenvalue weighted by Gasteiger charge is 2.68. The molecule has 2 aromatic rings. The van der Waals surface area contributed by atoms with Crippen molar-refractivity contribution >= 4 is 17.8 Å². The van der Waals surface area contributed by atoms with Gasteiger partial charge >= 0.3 is 12.2 Å². The number of hydrogen-bond acceptors (Lipinski definition) is 4. The van der Waals surface area contributed by atoms with Crippen molar-refractivity contribution in [1.82, 2.24) is 15.5 Å². The number of carbonyl (C=O) groups is 3. The molecule has 3 rings (SSSR count). The van der Waals surface area contributed by atoms with Gasteiger partial charge in [-0.15, -0.1) is 0 Å². The highest BCUT2D eigenvalue weighted by molar-refractivity contribution is 6.08. The average Bonchev–Trinajstić information content (AvgIpc) is 3.03. The average molecular weight is 463 g/mol. The number of halogens is 3. The van der Waals surface area contributed by atoms with Gasteiger partial charge < -0.3 is 10.1 Å². The molecule has 10 heteroatoms. The molecule has 1 atom stereocenters. The Bertz CT molecular complexity index is 996. The van der Waals surface area contributed by atoms with Crippen LogP contribution < -0.4 is 15.4 Å². The van der Waals surface area contributed by atoms with Gasteiger partial charge in [0, 0.05) is 13.0 Å². The van der Waals surface area contributed by atoms with E-state index < -0.39 is 29.7 Å². The second kappa shape index (κ2) is 9.93. The van der Waals surface area contributed by atoms with E-state index in [1.807, 2.05) is 30.3 Å². The van der Waals surface area contributed by atoms with Crippen LogP contribution in [0.1, 0.15) is 24.0 Å². The van der Waals surface area contributed by atoms with Crippen LogP contribution >= 0.6 is 0 Å². The molecule has 0 spiro atoms. The fourth-order valence-electron chi connectivity index (χ4n) is 3.53. The molecule has 0 aliphatic carbocycles. The van der Waals surface area contributed by atoms with E-state index in [1.54, 1.807) is 34.9 Å². The van der Waals surface area contributed by atoms with Crippen LogP contribution in [-0.4, -0.2) is 48.2 Å². The molecule has 1 aliphatic heterocycles. The van der Waals surface area contributed by atoms with E-state index in [4.69, 9.17) is 4.74 Å². The first-order valence-electron chi connectivity index (χ1n) is 10.3. The Morgan fingerprint density at radius 1 is 1.03 bits per heavy atom. The Labute approximate surface area is 188 Å². The Kier molecular flexibility index (Phi) is 7.25. The summed E-state index contributed by atoms with van der Waals surface area (Å²) in [5.41, 5.74) is -1.84. The van der Waals surface area contributed by atoms with Gasteiger partial charge in [-0.2, -0.15) is 13.2 Å². The van der Waals surface area contributed by atoms with Gasteiger partial charge in [0.2, 0.25) is 5.91 Å². The maximum atomic E-state index is 13.9. The number of aryl methyl sites for hydroxylation is 2. The Morgan fingerprint density at radius 3 is 2.27 bits per heavy atom. The van der Waals surface area contributed by atoms with Crippen molar-refractivity contribution in [3.63, 3.8) is 0 Å². The predicted molar refractivity (Wildman–Crippen MR) is 113 cm³/mol. The van der Waals surface area contributed by atoms with Gasteiger partial charge in [0.05, 0.1) is 7.11 Å². The maximum absolute atomic E-state index is 13.9. The van der Waals surface area contributed by atoms with Crippen molar-refractivity contribution in [2.75, 3.05) is 13.7 Å². The van der Waals surface area contributed by atoms with Gasteiger partial charge in [-0.3, -0.25) is 19.8 Å². The number of carbonyl (C=O) groups excluding carboxylic acids is 3. The molecule has 1 unspecified atom stereocenters. The van der Waals surface area contributed by atoms with Gasteiger partial charge in [0.15, 0.2) is 0 Å². The minimum atomic E-state index is -5.22. The Balaban J connectivity index is 1.65. The normalized spacial score (nSPS) is 18.2. The number of nitrogens with zero attached hydrogens (tertiary/aromatic N) is 1. The Morgan fingerprint density at radius 2 is 1.67 bits per heavy atom. The smallest absolute Gasteiger partial charge is 0.440 e. The number of methoxy groups -OCH3 is 1. The van der Waals surface area contributed by atoms with Crippen LogP contribution in [0.15, 0.2) is 54.6 Å². The molecule has 2 aromatic carbocycles. The molecule has 0 aromatic heterocycles. The molecule has 1 fully saturated rings. The lowest BCUT2D eigenvalue weighted by atomic mass is 10.1. The number of nitrogens with one attached hydrogen (secondary N) is 2. The van der Waals surface area contributed by atoms with Crippen molar-refractivity contribution in [2.45, 2.75) is 37.5 Å². The lowest BCUT2D eigenvalue weighted by Gasteiger charge is -2.30. The monoisotopic (exact) mass is 463 g/mol. The van der Waals surface area contributed by atoms with Gasteiger partial charge in [-0.25, -0.2) is 4.79 Å². The number of alkyl halides is 3.